The molecule has 0 bridgehead atoms. The predicted molar refractivity (Wildman–Crippen MR) is 112 cm³/mol. The fourth-order valence-corrected chi connectivity index (χ4v) is 4.04. The van der Waals surface area contributed by atoms with Gasteiger partial charge >= 0.3 is 0 Å². The molecule has 2 nitrogen and oxygen atoms in total. The van der Waals surface area contributed by atoms with Crippen molar-refractivity contribution in [1.29, 1.82) is 5.26 Å². The molecule has 0 saturated carbocycles. The van der Waals surface area contributed by atoms with Gasteiger partial charge in [0, 0.05) is 0 Å². The van der Waals surface area contributed by atoms with E-state index in [-0.39, 0.29) is 12.4 Å². The van der Waals surface area contributed by atoms with Crippen LogP contribution in [0.25, 0.3) is 11.6 Å². The second-order valence-electron chi connectivity index (χ2n) is 5.91. The van der Waals surface area contributed by atoms with Crippen LogP contribution in [-0.4, -0.2) is 0 Å². The molecule has 0 aromatic heterocycles. The molecule has 0 N–H and O–H groups in total. The molecule has 0 atom stereocenters. The fraction of sp³-hybridized carbons (Fsp3) is 0.0455. The second kappa shape index (κ2) is 9.13. The van der Waals surface area contributed by atoms with Crippen LogP contribution >= 0.6 is 31.9 Å². The Bertz CT molecular complexity index is 1070. The summed E-state index contributed by atoms with van der Waals surface area (Å²) in [6.45, 7) is 0.205. The highest BCUT2D eigenvalue weighted by Gasteiger charge is 2.10. The van der Waals surface area contributed by atoms with Gasteiger partial charge in [0.05, 0.1) is 20.6 Å². The predicted octanol–water partition coefficient (Wildman–Crippen LogP) is 7.13. The molecule has 3 aromatic rings. The van der Waals surface area contributed by atoms with Gasteiger partial charge in [-0.05, 0) is 91.0 Å². The molecule has 0 aliphatic heterocycles. The van der Waals surface area contributed by atoms with Crippen molar-refractivity contribution in [3.63, 3.8) is 0 Å². The van der Waals surface area contributed by atoms with Gasteiger partial charge in [-0.25, -0.2) is 8.78 Å². The maximum atomic E-state index is 13.4. The first-order chi connectivity index (χ1) is 13.5. The van der Waals surface area contributed by atoms with Gasteiger partial charge in [-0.3, -0.25) is 0 Å². The first kappa shape index (κ1) is 20.2. The summed E-state index contributed by atoms with van der Waals surface area (Å²) in [5, 5.41) is 9.44. The molecule has 0 heterocycles. The van der Waals surface area contributed by atoms with Gasteiger partial charge in [0.25, 0.3) is 0 Å². The normalized spacial score (nSPS) is 11.2. The van der Waals surface area contributed by atoms with E-state index in [0.29, 0.717) is 31.4 Å². The lowest BCUT2D eigenvalue weighted by atomic mass is 10.0. The van der Waals surface area contributed by atoms with E-state index in [0.717, 1.165) is 5.56 Å². The summed E-state index contributed by atoms with van der Waals surface area (Å²) in [6, 6.07) is 17.8. The van der Waals surface area contributed by atoms with Crippen molar-refractivity contribution in [1.82, 2.24) is 0 Å². The molecule has 0 fully saturated rings. The minimum absolute atomic E-state index is 0.205. The lowest BCUT2D eigenvalue weighted by Gasteiger charge is -2.12. The number of rotatable bonds is 5. The summed E-state index contributed by atoms with van der Waals surface area (Å²) in [7, 11) is 0. The Kier molecular flexibility index (Phi) is 6.61. The highest BCUT2D eigenvalue weighted by Crippen LogP contribution is 2.36. The van der Waals surface area contributed by atoms with Crippen LogP contribution in [0.2, 0.25) is 0 Å². The van der Waals surface area contributed by atoms with Crippen molar-refractivity contribution in [3.05, 3.63) is 97.9 Å². The molecular formula is C22H13Br2F2NO. The molecule has 3 aromatic carbocycles. The van der Waals surface area contributed by atoms with E-state index in [2.05, 4.69) is 37.9 Å². The lowest BCUT2D eigenvalue weighted by Crippen LogP contribution is -1.98. The zero-order chi connectivity index (χ0) is 20.1. The van der Waals surface area contributed by atoms with Gasteiger partial charge in [-0.2, -0.15) is 5.26 Å². The summed E-state index contributed by atoms with van der Waals surface area (Å²) < 4.78 is 33.9. The van der Waals surface area contributed by atoms with E-state index >= 15 is 0 Å². The van der Waals surface area contributed by atoms with E-state index in [4.69, 9.17) is 4.74 Å². The van der Waals surface area contributed by atoms with Crippen molar-refractivity contribution in [2.24, 2.45) is 0 Å². The highest BCUT2D eigenvalue weighted by atomic mass is 79.9. The minimum atomic E-state index is -0.401. The van der Waals surface area contributed by atoms with Crippen molar-refractivity contribution in [2.45, 2.75) is 6.61 Å². The van der Waals surface area contributed by atoms with E-state index in [9.17, 15) is 14.0 Å². The number of nitriles is 1. The van der Waals surface area contributed by atoms with Crippen LogP contribution in [0.1, 0.15) is 16.7 Å². The van der Waals surface area contributed by atoms with Gasteiger partial charge in [0.2, 0.25) is 0 Å². The third-order valence-electron chi connectivity index (χ3n) is 3.86. The first-order valence-electron chi connectivity index (χ1n) is 8.20. The van der Waals surface area contributed by atoms with Crippen LogP contribution in [0, 0.1) is 23.0 Å². The number of hydrogen-bond donors (Lipinski definition) is 0. The van der Waals surface area contributed by atoms with Crippen LogP contribution in [0.3, 0.4) is 0 Å². The molecule has 0 radical (unpaired) electrons. The lowest BCUT2D eigenvalue weighted by molar-refractivity contribution is 0.301. The van der Waals surface area contributed by atoms with Crippen molar-refractivity contribution in [2.75, 3.05) is 0 Å². The maximum absolute atomic E-state index is 13.4. The van der Waals surface area contributed by atoms with Crippen LogP contribution in [0.15, 0.2) is 69.6 Å². The molecule has 140 valence electrons. The maximum Gasteiger partial charge on any atom is 0.148 e. The average Bonchev–Trinajstić information content (AvgIpc) is 2.65. The fourth-order valence-electron chi connectivity index (χ4n) is 2.59. The van der Waals surface area contributed by atoms with E-state index in [1.165, 1.54) is 24.3 Å². The summed E-state index contributed by atoms with van der Waals surface area (Å²) in [6.07, 6.45) is 1.67. The molecule has 0 aliphatic rings. The minimum Gasteiger partial charge on any atom is -0.487 e. The highest BCUT2D eigenvalue weighted by molar-refractivity contribution is 9.11. The Morgan fingerprint density at radius 3 is 2.21 bits per heavy atom. The van der Waals surface area contributed by atoms with Crippen molar-refractivity contribution >= 4 is 43.5 Å². The second-order valence-corrected chi connectivity index (χ2v) is 7.62. The number of hydrogen-bond acceptors (Lipinski definition) is 2. The Balaban J connectivity index is 1.86. The van der Waals surface area contributed by atoms with Crippen molar-refractivity contribution < 1.29 is 13.5 Å². The number of halogens is 4. The number of nitrogens with zero attached hydrogens (tertiary/aromatic N) is 1. The zero-order valence-electron chi connectivity index (χ0n) is 14.4. The van der Waals surface area contributed by atoms with E-state index in [1.807, 2.05) is 0 Å². The van der Waals surface area contributed by atoms with Gasteiger partial charge in [-0.15, -0.1) is 0 Å². The molecule has 0 aliphatic carbocycles. The molecule has 0 saturated heterocycles. The standard InChI is InChI=1S/C22H13Br2F2NO/c23-20-9-15(7-17(12-27)16-4-2-6-19(26)11-16)10-21(24)22(20)28-13-14-3-1-5-18(25)8-14/h1-11H,13H2/b17-7-. The van der Waals surface area contributed by atoms with Crippen LogP contribution in [-0.2, 0) is 6.61 Å². The van der Waals surface area contributed by atoms with Crippen LogP contribution in [0.4, 0.5) is 8.78 Å². The third-order valence-corrected chi connectivity index (χ3v) is 5.04. The Labute approximate surface area is 178 Å². The summed E-state index contributed by atoms with van der Waals surface area (Å²) in [4.78, 5) is 0. The first-order valence-corrected chi connectivity index (χ1v) is 9.79. The van der Waals surface area contributed by atoms with E-state index in [1.54, 1.807) is 42.5 Å². The summed E-state index contributed by atoms with van der Waals surface area (Å²) in [5.41, 5.74) is 2.28. The smallest absolute Gasteiger partial charge is 0.148 e. The van der Waals surface area contributed by atoms with Gasteiger partial charge in [0.1, 0.15) is 24.0 Å². The van der Waals surface area contributed by atoms with Crippen LogP contribution in [0.5, 0.6) is 5.75 Å². The zero-order valence-corrected chi connectivity index (χ0v) is 17.6. The molecular weight excluding hydrogens is 492 g/mol. The molecule has 0 amide bonds. The quantitative estimate of drug-likeness (QED) is 0.273. The van der Waals surface area contributed by atoms with Gasteiger partial charge in [0.15, 0.2) is 0 Å². The summed E-state index contributed by atoms with van der Waals surface area (Å²) in [5.74, 6) is -0.158. The van der Waals surface area contributed by atoms with Crippen molar-refractivity contribution in [3.8, 4) is 11.8 Å². The van der Waals surface area contributed by atoms with Gasteiger partial charge in [-0.1, -0.05) is 24.3 Å². The average molecular weight is 505 g/mol. The Hall–Kier alpha value is -2.49. The number of ether oxygens (including phenoxy) is 1. The molecule has 3 rings (SSSR count). The molecule has 28 heavy (non-hydrogen) atoms. The largest absolute Gasteiger partial charge is 0.487 e. The SMILES string of the molecule is N#C/C(=C/c1cc(Br)c(OCc2cccc(F)c2)c(Br)c1)c1cccc(F)c1. The van der Waals surface area contributed by atoms with Crippen LogP contribution < -0.4 is 4.74 Å². The molecule has 0 spiro atoms. The Morgan fingerprint density at radius 2 is 1.61 bits per heavy atom. The monoisotopic (exact) mass is 503 g/mol. The Morgan fingerprint density at radius 1 is 0.964 bits per heavy atom. The van der Waals surface area contributed by atoms with Gasteiger partial charge < -0.3 is 4.74 Å². The summed E-state index contributed by atoms with van der Waals surface area (Å²) >= 11 is 6.93. The number of allylic oxidation sites excluding steroid dienone is 1. The third kappa shape index (κ3) is 5.06. The molecule has 0 unspecified atom stereocenters. The topological polar surface area (TPSA) is 33.0 Å². The number of benzene rings is 3. The molecule has 6 heteroatoms. The van der Waals surface area contributed by atoms with E-state index < -0.39 is 5.82 Å².